The zero-order valence-electron chi connectivity index (χ0n) is 12.8. The lowest BCUT2D eigenvalue weighted by Gasteiger charge is -2.23. The van der Waals surface area contributed by atoms with Crippen molar-refractivity contribution < 1.29 is 8.42 Å². The number of likely N-dealkylation sites (N-methyl/N-ethyl adjacent to an activating group) is 1. The predicted molar refractivity (Wildman–Crippen MR) is 86.9 cm³/mol. The second kappa shape index (κ2) is 8.10. The van der Waals surface area contributed by atoms with Crippen LogP contribution in [-0.2, 0) is 16.6 Å². The second-order valence-electron chi connectivity index (χ2n) is 4.98. The van der Waals surface area contributed by atoms with Gasteiger partial charge in [-0.15, -0.1) is 0 Å². The quantitative estimate of drug-likeness (QED) is 0.760. The molecule has 0 spiro atoms. The van der Waals surface area contributed by atoms with E-state index in [1.54, 1.807) is 12.1 Å². The highest BCUT2D eigenvalue weighted by Crippen LogP contribution is 2.22. The Morgan fingerprint density at radius 2 is 1.95 bits per heavy atom. The van der Waals surface area contributed by atoms with Gasteiger partial charge in [0.1, 0.15) is 4.90 Å². The van der Waals surface area contributed by atoms with Crippen LogP contribution in [0, 0.1) is 0 Å². The fourth-order valence-electron chi connectivity index (χ4n) is 2.12. The van der Waals surface area contributed by atoms with Crippen molar-refractivity contribution in [1.82, 2.24) is 9.62 Å². The van der Waals surface area contributed by atoms with E-state index in [0.717, 1.165) is 18.7 Å². The van der Waals surface area contributed by atoms with E-state index in [0.29, 0.717) is 13.1 Å². The van der Waals surface area contributed by atoms with Crippen LogP contribution in [0.25, 0.3) is 0 Å². The van der Waals surface area contributed by atoms with Crippen LogP contribution >= 0.6 is 11.6 Å². The molecule has 0 fully saturated rings. The molecule has 0 radical (unpaired) electrons. The van der Waals surface area contributed by atoms with Crippen molar-refractivity contribution in [2.75, 3.05) is 19.6 Å². The van der Waals surface area contributed by atoms with Gasteiger partial charge in [-0.05, 0) is 37.7 Å². The molecule has 3 N–H and O–H groups in total. The molecule has 1 aromatic rings. The molecule has 0 aliphatic heterocycles. The number of hydrogen-bond donors (Lipinski definition) is 2. The van der Waals surface area contributed by atoms with Crippen molar-refractivity contribution in [2.45, 2.75) is 38.3 Å². The topological polar surface area (TPSA) is 75.4 Å². The molecule has 1 rings (SSSR count). The number of rotatable bonds is 8. The average Bonchev–Trinajstić information content (AvgIpc) is 2.43. The monoisotopic (exact) mass is 333 g/mol. The van der Waals surface area contributed by atoms with Crippen LogP contribution in [-0.4, -0.2) is 39.0 Å². The first-order chi connectivity index (χ1) is 9.83. The molecule has 0 heterocycles. The molecule has 120 valence electrons. The first kappa shape index (κ1) is 18.4. The summed E-state index contributed by atoms with van der Waals surface area (Å²) in [6.07, 6.45) is 0. The van der Waals surface area contributed by atoms with Gasteiger partial charge in [0.05, 0.1) is 5.02 Å². The molecular weight excluding hydrogens is 310 g/mol. The first-order valence-corrected chi connectivity index (χ1v) is 8.93. The number of halogens is 1. The van der Waals surface area contributed by atoms with E-state index < -0.39 is 10.0 Å². The van der Waals surface area contributed by atoms with E-state index in [9.17, 15) is 8.42 Å². The highest BCUT2D eigenvalue weighted by Gasteiger charge is 2.21. The third kappa shape index (κ3) is 5.23. The molecular formula is C14H24ClN3O2S. The first-order valence-electron chi connectivity index (χ1n) is 7.07. The number of sulfonamides is 1. The maximum atomic E-state index is 12.4. The minimum atomic E-state index is -3.63. The summed E-state index contributed by atoms with van der Waals surface area (Å²) in [7, 11) is -3.63. The largest absolute Gasteiger partial charge is 0.326 e. The molecule has 0 amide bonds. The number of nitrogens with two attached hydrogens (primary N) is 1. The predicted octanol–water partition coefficient (Wildman–Crippen LogP) is 1.81. The Hall–Kier alpha value is -0.660. The van der Waals surface area contributed by atoms with Gasteiger partial charge in [0, 0.05) is 19.1 Å². The Labute approximate surface area is 132 Å². The lowest BCUT2D eigenvalue weighted by atomic mass is 10.2. The fraction of sp³-hybridized carbons (Fsp3) is 0.571. The van der Waals surface area contributed by atoms with Gasteiger partial charge in [0.25, 0.3) is 0 Å². The molecule has 7 heteroatoms. The molecule has 1 atom stereocenters. The summed E-state index contributed by atoms with van der Waals surface area (Å²) in [4.78, 5) is 2.25. The van der Waals surface area contributed by atoms with E-state index in [4.69, 9.17) is 17.3 Å². The zero-order valence-corrected chi connectivity index (χ0v) is 14.3. The lowest BCUT2D eigenvalue weighted by Crippen LogP contribution is -2.41. The fourth-order valence-corrected chi connectivity index (χ4v) is 3.93. The third-order valence-corrected chi connectivity index (χ3v) is 5.38. The van der Waals surface area contributed by atoms with Gasteiger partial charge >= 0.3 is 0 Å². The molecule has 0 aliphatic carbocycles. The van der Waals surface area contributed by atoms with E-state index >= 15 is 0 Å². The Bertz CT molecular complexity index is 559. The summed E-state index contributed by atoms with van der Waals surface area (Å²) in [5.41, 5.74) is 6.32. The van der Waals surface area contributed by atoms with Crippen molar-refractivity contribution in [3.63, 3.8) is 0 Å². The minimum Gasteiger partial charge on any atom is -0.326 e. The van der Waals surface area contributed by atoms with Crippen molar-refractivity contribution in [2.24, 2.45) is 5.73 Å². The minimum absolute atomic E-state index is 0.0905. The molecule has 0 aromatic heterocycles. The number of hydrogen-bond acceptors (Lipinski definition) is 4. The molecule has 5 nitrogen and oxygen atoms in total. The summed E-state index contributed by atoms with van der Waals surface area (Å²) in [6.45, 7) is 8.69. The Morgan fingerprint density at radius 1 is 1.33 bits per heavy atom. The van der Waals surface area contributed by atoms with Crippen LogP contribution in [0.3, 0.4) is 0 Å². The van der Waals surface area contributed by atoms with Crippen LogP contribution in [0.2, 0.25) is 5.02 Å². The highest BCUT2D eigenvalue weighted by atomic mass is 35.5. The Kier molecular flexibility index (Phi) is 7.09. The van der Waals surface area contributed by atoms with Gasteiger partial charge in [0.15, 0.2) is 0 Å². The van der Waals surface area contributed by atoms with Crippen LogP contribution in [0.1, 0.15) is 26.3 Å². The van der Waals surface area contributed by atoms with Gasteiger partial charge in [0.2, 0.25) is 10.0 Å². The van der Waals surface area contributed by atoms with Crippen molar-refractivity contribution in [3.8, 4) is 0 Å². The van der Waals surface area contributed by atoms with E-state index in [2.05, 4.69) is 9.62 Å². The molecule has 1 unspecified atom stereocenters. The maximum absolute atomic E-state index is 12.4. The second-order valence-corrected chi connectivity index (χ2v) is 7.07. The summed E-state index contributed by atoms with van der Waals surface area (Å²) in [6, 6.07) is 4.57. The molecule has 0 saturated carbocycles. The molecule has 0 bridgehead atoms. The smallest absolute Gasteiger partial charge is 0.242 e. The van der Waals surface area contributed by atoms with Crippen LogP contribution in [0.5, 0.6) is 0 Å². The van der Waals surface area contributed by atoms with Crippen molar-refractivity contribution in [1.29, 1.82) is 0 Å². The SMILES string of the molecule is CCN(CC)CC(C)NS(=O)(=O)c1ccc(CN)cc1Cl. The van der Waals surface area contributed by atoms with Gasteiger partial charge in [-0.3, -0.25) is 0 Å². The summed E-state index contributed by atoms with van der Waals surface area (Å²) in [5, 5.41) is 0.195. The van der Waals surface area contributed by atoms with E-state index in [1.165, 1.54) is 6.07 Å². The normalized spacial score (nSPS) is 13.6. The van der Waals surface area contributed by atoms with Gasteiger partial charge in [-0.25, -0.2) is 13.1 Å². The molecule has 0 saturated heterocycles. The van der Waals surface area contributed by atoms with Gasteiger partial charge in [-0.1, -0.05) is 31.5 Å². The average molecular weight is 334 g/mol. The van der Waals surface area contributed by atoms with Crippen molar-refractivity contribution in [3.05, 3.63) is 28.8 Å². The van der Waals surface area contributed by atoms with Gasteiger partial charge < -0.3 is 10.6 Å². The van der Waals surface area contributed by atoms with Crippen molar-refractivity contribution >= 4 is 21.6 Å². The molecule has 21 heavy (non-hydrogen) atoms. The summed E-state index contributed by atoms with van der Waals surface area (Å²) < 4.78 is 27.4. The summed E-state index contributed by atoms with van der Waals surface area (Å²) >= 11 is 6.05. The Morgan fingerprint density at radius 3 is 2.43 bits per heavy atom. The maximum Gasteiger partial charge on any atom is 0.242 e. The van der Waals surface area contributed by atoms with Crippen LogP contribution in [0.4, 0.5) is 0 Å². The number of nitrogens with zero attached hydrogens (tertiary/aromatic N) is 1. The molecule has 1 aromatic carbocycles. The van der Waals surface area contributed by atoms with Crippen LogP contribution in [0.15, 0.2) is 23.1 Å². The van der Waals surface area contributed by atoms with E-state index in [-0.39, 0.29) is 16.0 Å². The number of benzene rings is 1. The Balaban J connectivity index is 2.86. The number of nitrogens with one attached hydrogen (secondary N) is 1. The van der Waals surface area contributed by atoms with Gasteiger partial charge in [-0.2, -0.15) is 0 Å². The third-order valence-electron chi connectivity index (χ3n) is 3.30. The zero-order chi connectivity index (χ0) is 16.0. The van der Waals surface area contributed by atoms with Crippen LogP contribution < -0.4 is 10.5 Å². The van der Waals surface area contributed by atoms with E-state index in [1.807, 2.05) is 20.8 Å². The lowest BCUT2D eigenvalue weighted by molar-refractivity contribution is 0.282. The highest BCUT2D eigenvalue weighted by molar-refractivity contribution is 7.89. The standard InChI is InChI=1S/C14H24ClN3O2S/c1-4-18(5-2)10-11(3)17-21(19,20)14-7-6-12(9-16)8-13(14)15/h6-8,11,17H,4-5,9-10,16H2,1-3H3. The molecule has 0 aliphatic rings. The summed E-state index contributed by atoms with van der Waals surface area (Å²) in [5.74, 6) is 0.